The molecular formula is C20H23N3O2S. The molecule has 1 saturated heterocycles. The molecule has 6 heteroatoms. The van der Waals surface area contributed by atoms with E-state index in [0.29, 0.717) is 21.9 Å². The summed E-state index contributed by atoms with van der Waals surface area (Å²) in [6.45, 7) is 7.22. The van der Waals surface area contributed by atoms with Crippen molar-refractivity contribution in [3.05, 3.63) is 59.1 Å². The highest BCUT2D eigenvalue weighted by Gasteiger charge is 2.21. The lowest BCUT2D eigenvalue weighted by Gasteiger charge is -2.30. The van der Waals surface area contributed by atoms with E-state index < -0.39 is 0 Å². The Bertz CT molecular complexity index is 784. The maximum Gasteiger partial charge on any atom is 0.255 e. The fourth-order valence-corrected chi connectivity index (χ4v) is 3.77. The molecule has 0 spiro atoms. The van der Waals surface area contributed by atoms with Crippen molar-refractivity contribution in [3.63, 3.8) is 0 Å². The summed E-state index contributed by atoms with van der Waals surface area (Å²) in [5.41, 5.74) is 2.20. The van der Waals surface area contributed by atoms with Gasteiger partial charge in [-0.25, -0.2) is 0 Å². The molecule has 2 heterocycles. The number of hydrogen-bond acceptors (Lipinski definition) is 4. The van der Waals surface area contributed by atoms with Gasteiger partial charge >= 0.3 is 0 Å². The Morgan fingerprint density at radius 3 is 2.65 bits per heavy atom. The first-order valence-electron chi connectivity index (χ1n) is 8.77. The Balaban J connectivity index is 1.62. The summed E-state index contributed by atoms with van der Waals surface area (Å²) in [6, 6.07) is 9.22. The van der Waals surface area contributed by atoms with E-state index in [4.69, 9.17) is 0 Å². The molecule has 5 nitrogen and oxygen atoms in total. The van der Waals surface area contributed by atoms with Crippen molar-refractivity contribution in [2.24, 2.45) is 5.92 Å². The van der Waals surface area contributed by atoms with Gasteiger partial charge in [-0.05, 0) is 42.5 Å². The van der Waals surface area contributed by atoms with E-state index in [9.17, 15) is 10.0 Å². The topological polar surface area (TPSA) is 59.3 Å². The first kappa shape index (κ1) is 18.5. The summed E-state index contributed by atoms with van der Waals surface area (Å²) >= 11 is 1.64. The summed E-state index contributed by atoms with van der Waals surface area (Å²) in [5.74, 6) is 1.49. The second-order valence-corrected chi connectivity index (χ2v) is 7.77. The summed E-state index contributed by atoms with van der Waals surface area (Å²) in [7, 11) is 0. The number of carbonyl (C=O) groups excluding carboxylic acids is 1. The van der Waals surface area contributed by atoms with Crippen LogP contribution in [0.5, 0.6) is 0 Å². The SMILES string of the molecule is C=[N+]([O-])c1ccc(SCc2cncc(C(=O)N3CCC(C)CC3)c2)cc1. The monoisotopic (exact) mass is 369 g/mol. The molecule has 0 radical (unpaired) electrons. The molecule has 1 fully saturated rings. The number of aromatic nitrogens is 1. The largest absolute Gasteiger partial charge is 0.619 e. The summed E-state index contributed by atoms with van der Waals surface area (Å²) < 4.78 is 0.592. The van der Waals surface area contributed by atoms with Crippen LogP contribution in [-0.2, 0) is 5.75 Å². The molecule has 3 rings (SSSR count). The number of pyridine rings is 1. The van der Waals surface area contributed by atoms with Crippen LogP contribution in [0.15, 0.2) is 47.6 Å². The Kier molecular flexibility index (Phi) is 5.93. The normalized spacial score (nSPS) is 15.0. The quantitative estimate of drug-likeness (QED) is 0.262. The Morgan fingerprint density at radius 2 is 2.00 bits per heavy atom. The van der Waals surface area contributed by atoms with Gasteiger partial charge in [-0.15, -0.1) is 11.8 Å². The minimum Gasteiger partial charge on any atom is -0.619 e. The molecule has 2 aromatic rings. The highest BCUT2D eigenvalue weighted by atomic mass is 32.2. The molecule has 0 saturated carbocycles. The number of amides is 1. The van der Waals surface area contributed by atoms with Crippen LogP contribution in [0.3, 0.4) is 0 Å². The van der Waals surface area contributed by atoms with Crippen molar-refractivity contribution < 1.29 is 9.53 Å². The number of benzene rings is 1. The lowest BCUT2D eigenvalue weighted by molar-refractivity contribution is -0.349. The molecule has 26 heavy (non-hydrogen) atoms. The van der Waals surface area contributed by atoms with E-state index in [0.717, 1.165) is 42.1 Å². The van der Waals surface area contributed by atoms with Crippen molar-refractivity contribution in [2.75, 3.05) is 13.1 Å². The van der Waals surface area contributed by atoms with Crippen LogP contribution in [0, 0.1) is 11.1 Å². The maximum atomic E-state index is 12.7. The van der Waals surface area contributed by atoms with Crippen LogP contribution in [-0.4, -0.2) is 40.3 Å². The van der Waals surface area contributed by atoms with Gasteiger partial charge < -0.3 is 10.1 Å². The summed E-state index contributed by atoms with van der Waals surface area (Å²) in [6.07, 6.45) is 5.59. The molecule has 1 aliphatic heterocycles. The lowest BCUT2D eigenvalue weighted by Crippen LogP contribution is -2.37. The molecule has 1 amide bonds. The van der Waals surface area contributed by atoms with E-state index in [2.05, 4.69) is 18.6 Å². The van der Waals surface area contributed by atoms with Crippen molar-refractivity contribution in [2.45, 2.75) is 30.4 Å². The molecule has 0 unspecified atom stereocenters. The number of rotatable bonds is 5. The van der Waals surface area contributed by atoms with Crippen LogP contribution >= 0.6 is 11.8 Å². The zero-order valence-electron chi connectivity index (χ0n) is 14.9. The first-order chi connectivity index (χ1) is 12.5. The van der Waals surface area contributed by atoms with Gasteiger partial charge in [0.1, 0.15) is 6.72 Å². The maximum absolute atomic E-state index is 12.7. The van der Waals surface area contributed by atoms with Crippen molar-refractivity contribution in [1.29, 1.82) is 0 Å². The molecule has 0 bridgehead atoms. The molecule has 136 valence electrons. The van der Waals surface area contributed by atoms with Crippen molar-refractivity contribution in [1.82, 2.24) is 9.88 Å². The van der Waals surface area contributed by atoms with Crippen molar-refractivity contribution >= 4 is 30.1 Å². The number of nitrogens with zero attached hydrogens (tertiary/aromatic N) is 3. The Labute approximate surface area is 158 Å². The van der Waals surface area contributed by atoms with Gasteiger partial charge in [-0.1, -0.05) is 6.92 Å². The van der Waals surface area contributed by atoms with Gasteiger partial charge in [0.05, 0.1) is 5.56 Å². The van der Waals surface area contributed by atoms with E-state index in [1.807, 2.05) is 23.1 Å². The van der Waals surface area contributed by atoms with Crippen LogP contribution in [0.2, 0.25) is 0 Å². The zero-order chi connectivity index (χ0) is 18.5. The lowest BCUT2D eigenvalue weighted by atomic mass is 9.99. The average molecular weight is 369 g/mol. The third kappa shape index (κ3) is 4.64. The Morgan fingerprint density at radius 1 is 1.31 bits per heavy atom. The fraction of sp³-hybridized carbons (Fsp3) is 0.350. The average Bonchev–Trinajstić information content (AvgIpc) is 2.67. The summed E-state index contributed by atoms with van der Waals surface area (Å²) in [5, 5.41) is 11.1. The van der Waals surface area contributed by atoms with E-state index in [1.54, 1.807) is 36.3 Å². The molecule has 1 aliphatic rings. The van der Waals surface area contributed by atoms with Gasteiger partial charge in [-0.2, -0.15) is 4.74 Å². The van der Waals surface area contributed by atoms with Gasteiger partial charge in [0.25, 0.3) is 5.91 Å². The predicted octanol–water partition coefficient (Wildman–Crippen LogP) is 4.09. The smallest absolute Gasteiger partial charge is 0.255 e. The number of likely N-dealkylation sites (tertiary alicyclic amines) is 1. The standard InChI is InChI=1S/C20H23N3O2S/c1-15-7-9-23(10-8-15)20(24)17-11-16(12-21-13-17)14-26-19-5-3-18(4-6-19)22(2)25/h3-6,11-13,15H,2,7-10,14H2,1H3. The van der Waals surface area contributed by atoms with Crippen LogP contribution in [0.4, 0.5) is 5.69 Å². The highest BCUT2D eigenvalue weighted by molar-refractivity contribution is 7.98. The highest BCUT2D eigenvalue weighted by Crippen LogP contribution is 2.25. The predicted molar refractivity (Wildman–Crippen MR) is 105 cm³/mol. The van der Waals surface area contributed by atoms with Gasteiger partial charge in [-0.3, -0.25) is 9.78 Å². The molecular weight excluding hydrogens is 346 g/mol. The fourth-order valence-electron chi connectivity index (χ4n) is 2.95. The Hall–Kier alpha value is -2.34. The minimum absolute atomic E-state index is 0.0755. The molecule has 1 aromatic carbocycles. The third-order valence-corrected chi connectivity index (χ3v) is 5.73. The van der Waals surface area contributed by atoms with E-state index in [-0.39, 0.29) is 5.91 Å². The number of hydrogen-bond donors (Lipinski definition) is 0. The zero-order valence-corrected chi connectivity index (χ0v) is 15.7. The van der Waals surface area contributed by atoms with E-state index in [1.165, 1.54) is 0 Å². The molecule has 0 aliphatic carbocycles. The van der Waals surface area contributed by atoms with E-state index >= 15 is 0 Å². The minimum atomic E-state index is 0.0755. The van der Waals surface area contributed by atoms with Gasteiger partial charge in [0, 0.05) is 48.3 Å². The number of thioether (sulfide) groups is 1. The first-order valence-corrected chi connectivity index (χ1v) is 9.75. The van der Waals surface area contributed by atoms with Gasteiger partial charge in [0.15, 0.2) is 0 Å². The third-order valence-electron chi connectivity index (χ3n) is 4.64. The van der Waals surface area contributed by atoms with Crippen molar-refractivity contribution in [3.8, 4) is 0 Å². The number of carbonyl (C=O) groups is 1. The molecule has 1 aromatic heterocycles. The molecule has 0 N–H and O–H groups in total. The van der Waals surface area contributed by atoms with Crippen LogP contribution in [0.1, 0.15) is 35.7 Å². The van der Waals surface area contributed by atoms with Crippen LogP contribution in [0.25, 0.3) is 0 Å². The van der Waals surface area contributed by atoms with Crippen LogP contribution < -0.4 is 0 Å². The second kappa shape index (κ2) is 8.36. The molecule has 0 atom stereocenters. The second-order valence-electron chi connectivity index (χ2n) is 6.72. The van der Waals surface area contributed by atoms with Gasteiger partial charge in [0.2, 0.25) is 5.69 Å². The number of piperidine rings is 1. The summed E-state index contributed by atoms with van der Waals surface area (Å²) in [4.78, 5) is 19.9.